The summed E-state index contributed by atoms with van der Waals surface area (Å²) < 4.78 is 0. The van der Waals surface area contributed by atoms with Gasteiger partial charge in [0.25, 0.3) is 0 Å². The van der Waals surface area contributed by atoms with Crippen LogP contribution < -0.4 is 5.73 Å². The number of hydrogen-bond donors (Lipinski definition) is 1. The van der Waals surface area contributed by atoms with E-state index in [4.69, 9.17) is 11.0 Å². The molecule has 0 saturated carbocycles. The first kappa shape index (κ1) is 10.2. The molecule has 0 saturated heterocycles. The molecule has 0 atom stereocenters. The second kappa shape index (κ2) is 4.03. The average molecular weight is 213 g/mol. The molecule has 2 N–H and O–H groups in total. The van der Waals surface area contributed by atoms with Gasteiger partial charge in [0, 0.05) is 0 Å². The van der Waals surface area contributed by atoms with Gasteiger partial charge < -0.3 is 5.73 Å². The van der Waals surface area contributed by atoms with Crippen LogP contribution in [-0.2, 0) is 6.54 Å². The minimum atomic E-state index is 0.408. The maximum absolute atomic E-state index is 8.81. The van der Waals surface area contributed by atoms with Crippen LogP contribution >= 0.6 is 0 Å². The van der Waals surface area contributed by atoms with Crippen molar-refractivity contribution in [2.45, 2.75) is 13.5 Å². The van der Waals surface area contributed by atoms with Crippen LogP contribution in [0.5, 0.6) is 0 Å². The number of nitrogen functional groups attached to an aromatic ring is 1. The van der Waals surface area contributed by atoms with E-state index in [9.17, 15) is 0 Å². The number of rotatable bonds is 2. The van der Waals surface area contributed by atoms with Crippen LogP contribution in [0.15, 0.2) is 24.4 Å². The lowest BCUT2D eigenvalue weighted by Crippen LogP contribution is -2.04. The first-order valence-corrected chi connectivity index (χ1v) is 4.84. The molecular formula is C11H11N5. The van der Waals surface area contributed by atoms with Crippen molar-refractivity contribution >= 4 is 5.82 Å². The normalized spacial score (nSPS) is 10.0. The molecule has 0 spiro atoms. The Balaban J connectivity index is 2.23. The third-order valence-electron chi connectivity index (χ3n) is 2.29. The quantitative estimate of drug-likeness (QED) is 0.809. The van der Waals surface area contributed by atoms with E-state index in [0.29, 0.717) is 17.9 Å². The molecule has 5 heteroatoms. The fraction of sp³-hybridized carbons (Fsp3) is 0.182. The summed E-state index contributed by atoms with van der Waals surface area (Å²) >= 11 is 0. The summed E-state index contributed by atoms with van der Waals surface area (Å²) in [7, 11) is 0. The fourth-order valence-corrected chi connectivity index (χ4v) is 1.50. The third-order valence-corrected chi connectivity index (χ3v) is 2.29. The highest BCUT2D eigenvalue weighted by Gasteiger charge is 2.01. The van der Waals surface area contributed by atoms with Gasteiger partial charge in [0.15, 0.2) is 5.82 Å². The van der Waals surface area contributed by atoms with Gasteiger partial charge in [-0.2, -0.15) is 15.2 Å². The largest absolute Gasteiger partial charge is 0.381 e. The smallest absolute Gasteiger partial charge is 0.165 e. The SMILES string of the molecule is Cc1cc(Cn2ncc(N)n2)ccc1C#N. The highest BCUT2D eigenvalue weighted by Crippen LogP contribution is 2.10. The van der Waals surface area contributed by atoms with Gasteiger partial charge in [-0.3, -0.25) is 0 Å². The second-order valence-electron chi connectivity index (χ2n) is 3.56. The number of anilines is 1. The third kappa shape index (κ3) is 2.01. The number of nitriles is 1. The molecule has 1 heterocycles. The second-order valence-corrected chi connectivity index (χ2v) is 3.56. The van der Waals surface area contributed by atoms with Gasteiger partial charge in [0.1, 0.15) is 0 Å². The summed E-state index contributed by atoms with van der Waals surface area (Å²) in [6.45, 7) is 2.47. The summed E-state index contributed by atoms with van der Waals surface area (Å²) in [5.41, 5.74) is 8.17. The monoisotopic (exact) mass is 213 g/mol. The molecule has 5 nitrogen and oxygen atoms in total. The number of nitrogens with two attached hydrogens (primary N) is 1. The molecule has 0 aliphatic heterocycles. The van der Waals surface area contributed by atoms with Gasteiger partial charge in [-0.05, 0) is 24.1 Å². The Kier molecular flexibility index (Phi) is 2.56. The Morgan fingerprint density at radius 3 is 2.88 bits per heavy atom. The van der Waals surface area contributed by atoms with Crippen molar-refractivity contribution in [3.63, 3.8) is 0 Å². The molecule has 0 fully saturated rings. The maximum Gasteiger partial charge on any atom is 0.165 e. The van der Waals surface area contributed by atoms with E-state index < -0.39 is 0 Å². The molecule has 80 valence electrons. The highest BCUT2D eigenvalue weighted by atomic mass is 15.5. The van der Waals surface area contributed by atoms with Crippen LogP contribution in [0.2, 0.25) is 0 Å². The predicted octanol–water partition coefficient (Wildman–Crippen LogP) is 1.09. The van der Waals surface area contributed by atoms with E-state index in [1.165, 1.54) is 11.0 Å². The van der Waals surface area contributed by atoms with E-state index >= 15 is 0 Å². The van der Waals surface area contributed by atoms with Crippen molar-refractivity contribution in [3.05, 3.63) is 41.1 Å². The molecule has 2 rings (SSSR count). The lowest BCUT2D eigenvalue weighted by Gasteiger charge is -2.03. The summed E-state index contributed by atoms with van der Waals surface area (Å²) in [6, 6.07) is 7.79. The van der Waals surface area contributed by atoms with Crippen LogP contribution in [0.4, 0.5) is 5.82 Å². The minimum absolute atomic E-state index is 0.408. The first-order chi connectivity index (χ1) is 7.69. The summed E-state index contributed by atoms with van der Waals surface area (Å²) in [4.78, 5) is 1.52. The van der Waals surface area contributed by atoms with Gasteiger partial charge >= 0.3 is 0 Å². The zero-order valence-electron chi connectivity index (χ0n) is 8.88. The average Bonchev–Trinajstić information content (AvgIpc) is 2.64. The molecule has 0 unspecified atom stereocenters. The molecular weight excluding hydrogens is 202 g/mol. The van der Waals surface area contributed by atoms with Crippen LogP contribution in [-0.4, -0.2) is 15.0 Å². The Bertz CT molecular complexity index is 550. The van der Waals surface area contributed by atoms with Gasteiger partial charge in [0.2, 0.25) is 0 Å². The number of benzene rings is 1. The lowest BCUT2D eigenvalue weighted by atomic mass is 10.1. The molecule has 2 aromatic rings. The Morgan fingerprint density at radius 2 is 2.31 bits per heavy atom. The Morgan fingerprint density at radius 1 is 1.50 bits per heavy atom. The van der Waals surface area contributed by atoms with Crippen molar-refractivity contribution < 1.29 is 0 Å². The minimum Gasteiger partial charge on any atom is -0.381 e. The van der Waals surface area contributed by atoms with E-state index in [1.807, 2.05) is 19.1 Å². The summed E-state index contributed by atoms with van der Waals surface area (Å²) in [6.07, 6.45) is 1.51. The molecule has 0 bridgehead atoms. The van der Waals surface area contributed by atoms with Crippen LogP contribution in [0.1, 0.15) is 16.7 Å². The number of hydrogen-bond acceptors (Lipinski definition) is 4. The summed E-state index contributed by atoms with van der Waals surface area (Å²) in [5.74, 6) is 0.408. The van der Waals surface area contributed by atoms with Crippen LogP contribution in [0.25, 0.3) is 0 Å². The van der Waals surface area contributed by atoms with E-state index in [-0.39, 0.29) is 0 Å². The van der Waals surface area contributed by atoms with E-state index in [2.05, 4.69) is 16.3 Å². The van der Waals surface area contributed by atoms with Crippen molar-refractivity contribution in [2.24, 2.45) is 0 Å². The van der Waals surface area contributed by atoms with Gasteiger partial charge in [0.05, 0.1) is 24.4 Å². The molecule has 1 aromatic heterocycles. The molecule has 0 aliphatic carbocycles. The summed E-state index contributed by atoms with van der Waals surface area (Å²) in [5, 5.41) is 16.8. The van der Waals surface area contributed by atoms with Gasteiger partial charge in [-0.1, -0.05) is 12.1 Å². The zero-order valence-corrected chi connectivity index (χ0v) is 8.88. The van der Waals surface area contributed by atoms with Crippen LogP contribution in [0.3, 0.4) is 0 Å². The van der Waals surface area contributed by atoms with Gasteiger partial charge in [-0.15, -0.1) is 5.10 Å². The van der Waals surface area contributed by atoms with Crippen molar-refractivity contribution in [1.82, 2.24) is 15.0 Å². The maximum atomic E-state index is 8.81. The molecule has 0 amide bonds. The molecule has 0 aliphatic rings. The number of aryl methyl sites for hydroxylation is 1. The first-order valence-electron chi connectivity index (χ1n) is 4.84. The highest BCUT2D eigenvalue weighted by molar-refractivity contribution is 5.39. The van der Waals surface area contributed by atoms with Gasteiger partial charge in [-0.25, -0.2) is 0 Å². The van der Waals surface area contributed by atoms with Crippen LogP contribution in [0, 0.1) is 18.3 Å². The standard InChI is InChI=1S/C11H11N5/c1-8-4-9(2-3-10(8)5-12)7-16-14-6-11(13)15-16/h2-4,6H,7H2,1H3,(H2,13,15). The topological polar surface area (TPSA) is 80.5 Å². The molecule has 1 aromatic carbocycles. The molecule has 0 radical (unpaired) electrons. The Labute approximate surface area is 93.1 Å². The van der Waals surface area contributed by atoms with Crippen molar-refractivity contribution in [1.29, 1.82) is 5.26 Å². The fourth-order valence-electron chi connectivity index (χ4n) is 1.50. The number of aromatic nitrogens is 3. The van der Waals surface area contributed by atoms with E-state index in [1.54, 1.807) is 6.07 Å². The van der Waals surface area contributed by atoms with E-state index in [0.717, 1.165) is 11.1 Å². The van der Waals surface area contributed by atoms with Crippen molar-refractivity contribution in [3.8, 4) is 6.07 Å². The molecule has 16 heavy (non-hydrogen) atoms. The lowest BCUT2D eigenvalue weighted by molar-refractivity contribution is 0.593. The predicted molar refractivity (Wildman–Crippen MR) is 59.4 cm³/mol. The zero-order chi connectivity index (χ0) is 11.5. The number of nitrogens with zero attached hydrogens (tertiary/aromatic N) is 4. The van der Waals surface area contributed by atoms with Crippen molar-refractivity contribution in [2.75, 3.05) is 5.73 Å². The Hall–Kier alpha value is -2.35.